The van der Waals surface area contributed by atoms with Crippen LogP contribution in [0.25, 0.3) is 0 Å². The summed E-state index contributed by atoms with van der Waals surface area (Å²) in [5, 5.41) is 20.8. The summed E-state index contributed by atoms with van der Waals surface area (Å²) in [6, 6.07) is 13.4. The van der Waals surface area contributed by atoms with Gasteiger partial charge in [0.25, 0.3) is 5.92 Å². The molecular weight excluding hydrogens is 1570 g/mol. The highest BCUT2D eigenvalue weighted by Gasteiger charge is 2.33. The lowest BCUT2D eigenvalue weighted by Crippen LogP contribution is -2.47. The van der Waals surface area contributed by atoms with Gasteiger partial charge < -0.3 is 109 Å². The number of nitriles is 1. The maximum Gasteiger partial charge on any atom is 0.250 e. The number of carbonyl (C=O) groups is 3. The molecule has 0 aliphatic carbocycles. The third kappa shape index (κ3) is 59.3. The first-order valence-corrected chi connectivity index (χ1v) is 47.6. The third-order valence-electron chi connectivity index (χ3n) is 22.4. The minimum absolute atomic E-state index is 0.0312. The van der Waals surface area contributed by atoms with E-state index < -0.39 is 15.8 Å². The average Bonchev–Trinajstić information content (AvgIpc) is 0.967. The molecule has 4 N–H and O–H groups in total. The number of piperidine rings is 3. The number of rotatable bonds is 3. The molecule has 702 valence electrons. The van der Waals surface area contributed by atoms with E-state index in [-0.39, 0.29) is 48.1 Å². The Morgan fingerprint density at radius 1 is 0.517 bits per heavy atom. The zero-order valence-electron chi connectivity index (χ0n) is 79.5. The lowest BCUT2D eigenvalue weighted by Gasteiger charge is -2.33. The van der Waals surface area contributed by atoms with Crippen molar-refractivity contribution in [3.05, 3.63) is 30.3 Å². The number of para-hydroxylation sites is 1. The van der Waals surface area contributed by atoms with Gasteiger partial charge in [-0.25, -0.2) is 17.2 Å². The van der Waals surface area contributed by atoms with Crippen LogP contribution in [0.15, 0.2) is 30.3 Å². The number of likely N-dealkylation sites (tertiary alicyclic amines) is 3. The Bertz CT molecular complexity index is 2790. The molecule has 14 rings (SSSR count). The molecule has 0 aromatic heterocycles. The summed E-state index contributed by atoms with van der Waals surface area (Å²) in [6.07, 6.45) is 4.73. The van der Waals surface area contributed by atoms with Crippen LogP contribution in [0.3, 0.4) is 0 Å². The second-order valence-corrected chi connectivity index (χ2v) is 39.8. The highest BCUT2D eigenvalue weighted by atomic mass is 32.2. The van der Waals surface area contributed by atoms with Crippen LogP contribution in [0, 0.1) is 23.2 Å². The van der Waals surface area contributed by atoms with E-state index in [1.165, 1.54) is 95.7 Å². The number of alkyl halides is 2. The van der Waals surface area contributed by atoms with Crippen molar-refractivity contribution in [3.8, 4) is 6.07 Å². The number of carbonyl (C=O) groups excluding carboxylic acids is 3. The van der Waals surface area contributed by atoms with E-state index in [9.17, 15) is 31.6 Å². The molecule has 13 heterocycles. The number of nitrogens with one attached hydrogen (secondary N) is 4. The Kier molecular flexibility index (Phi) is 60.0. The number of likely N-dealkylation sites (N-methyl/N-ethyl adjacent to an activating group) is 9. The van der Waals surface area contributed by atoms with Crippen LogP contribution in [-0.4, -0.2) is 514 Å². The highest BCUT2D eigenvalue weighted by Crippen LogP contribution is 2.27. The monoisotopic (exact) mass is 1740 g/mol. The number of halogens is 2. The molecule has 4 atom stereocenters. The smallest absolute Gasteiger partial charge is 0.250 e. The molecule has 33 heteroatoms. The van der Waals surface area contributed by atoms with E-state index in [0.717, 1.165) is 150 Å². The second kappa shape index (κ2) is 64.1. The van der Waals surface area contributed by atoms with Crippen molar-refractivity contribution in [1.29, 1.82) is 5.26 Å². The van der Waals surface area contributed by atoms with E-state index in [4.69, 9.17) is 19.5 Å². The van der Waals surface area contributed by atoms with E-state index >= 15 is 0 Å². The molecule has 1 aromatic rings. The Hall–Kier alpha value is -3.68. The molecule has 29 nitrogen and oxygen atoms in total. The standard InChI is InChI=1S/C11H22N2O.C11H16N2.C9H18N2O.C7H15NO.C6H11F2N.C6H10N2O.2C6H14N2.C5H10N2O.C5H12N2.C5H11NO2S.C5H11NO.C5H11NS/c1-11(2,3)12-10(14)9-5-7-13(4)8-6-9;1-12-7-9-13(10-8-12)11-5-3-2-4-6-11;1-10(2)9(12)8-4-6-11(3)7-5-8;1-6-4-8(3)5-7(2)9-6;1-9-4-2-6(7,8)3-5-9;1-8-2-3-9-6(4-7)5-8;1-7-3-5-8(2)6-4-7;1-6-5-8(2)4-3-7-6;1-7-3-2-6-5(8)4-7;1-7-4-2-6-3-5-7;1-6-2-4-9(7,8)5-3-6;2*1-6-2-4-7-5-3-6/h9H,5-8H2,1-4H3,(H,12,14);2-6H,7-10H2,1H3;8H,4-7H2,1-3H3;6-7H,4-5H2,1-3H3;2-5H2,1H3;6H,2-3,5H2,1H3;3-6H2,1-2H3;6-7H,3-5H2,1-2H3;2-4H2,1H3,(H,6,8);6H,2-5H2,1H3;2-5H2,1H3;2*2-5H2,1H3. The first-order valence-electron chi connectivity index (χ1n) is 44.7. The van der Waals surface area contributed by atoms with Crippen LogP contribution in [0.4, 0.5) is 14.5 Å². The number of ether oxygens (including phenoxy) is 3. The molecule has 0 spiro atoms. The first-order chi connectivity index (χ1) is 56.6. The summed E-state index contributed by atoms with van der Waals surface area (Å²) in [5.74, 6) is 2.11. The molecule has 1 aromatic carbocycles. The quantitative estimate of drug-likeness (QED) is 0.340. The van der Waals surface area contributed by atoms with Crippen LogP contribution in [-0.2, 0) is 38.4 Å². The van der Waals surface area contributed by atoms with Crippen molar-refractivity contribution in [2.75, 3.05) is 383 Å². The molecule has 3 amide bonds. The van der Waals surface area contributed by atoms with Gasteiger partial charge in [0.1, 0.15) is 0 Å². The van der Waals surface area contributed by atoms with Crippen LogP contribution >= 0.6 is 11.8 Å². The summed E-state index contributed by atoms with van der Waals surface area (Å²) < 4.78 is 61.9. The zero-order chi connectivity index (χ0) is 89.6. The fourth-order valence-electron chi connectivity index (χ4n) is 14.0. The molecule has 0 bridgehead atoms. The van der Waals surface area contributed by atoms with Gasteiger partial charge in [-0.05, 0) is 204 Å². The van der Waals surface area contributed by atoms with Gasteiger partial charge in [0.15, 0.2) is 15.9 Å². The van der Waals surface area contributed by atoms with E-state index in [1.54, 1.807) is 4.90 Å². The zero-order valence-corrected chi connectivity index (χ0v) is 81.2. The summed E-state index contributed by atoms with van der Waals surface area (Å²) in [5.41, 5.74) is 1.26. The number of benzene rings is 1. The maximum atomic E-state index is 12.4. The van der Waals surface area contributed by atoms with Gasteiger partial charge in [-0.3, -0.25) is 19.3 Å². The van der Waals surface area contributed by atoms with Crippen LogP contribution < -0.4 is 26.2 Å². The molecule has 120 heavy (non-hydrogen) atoms. The molecule has 13 aliphatic rings. The van der Waals surface area contributed by atoms with Gasteiger partial charge in [0, 0.05) is 257 Å². The van der Waals surface area contributed by atoms with Crippen LogP contribution in [0.5, 0.6) is 0 Å². The molecule has 4 unspecified atom stereocenters. The fourth-order valence-corrected chi connectivity index (χ4v) is 16.5. The number of thioether (sulfide) groups is 1. The maximum absolute atomic E-state index is 12.4. The van der Waals surface area contributed by atoms with Crippen molar-refractivity contribution in [1.82, 2.24) is 94.8 Å². The number of piperazine rings is 5. The number of amides is 3. The molecule has 13 fully saturated rings. The third-order valence-corrected chi connectivity index (χ3v) is 24.9. The van der Waals surface area contributed by atoms with Gasteiger partial charge in [0.2, 0.25) is 17.7 Å². The molecule has 0 radical (unpaired) electrons. The predicted octanol–water partition coefficient (Wildman–Crippen LogP) is 3.31. The largest absolute Gasteiger partial charge is 0.379 e. The predicted molar refractivity (Wildman–Crippen MR) is 495 cm³/mol. The van der Waals surface area contributed by atoms with Gasteiger partial charge in [-0.15, -0.1) is 0 Å². The molecule has 13 saturated heterocycles. The summed E-state index contributed by atoms with van der Waals surface area (Å²) in [6.45, 7) is 50.5. The Balaban J connectivity index is 0.000000443. The van der Waals surface area contributed by atoms with E-state index in [0.29, 0.717) is 75.0 Å². The lowest BCUT2D eigenvalue weighted by molar-refractivity contribution is -0.134. The number of anilines is 1. The summed E-state index contributed by atoms with van der Waals surface area (Å²) >= 11 is 2.06. The molecular formula is C87H175F2N21O8S2. The first kappa shape index (κ1) is 112. The number of hydrogen-bond acceptors (Lipinski definition) is 27. The van der Waals surface area contributed by atoms with Gasteiger partial charge >= 0.3 is 0 Å². The van der Waals surface area contributed by atoms with Crippen LogP contribution in [0.2, 0.25) is 0 Å². The lowest BCUT2D eigenvalue weighted by atomic mass is 9.95. The topological polar surface area (TPSA) is 237 Å². The van der Waals surface area contributed by atoms with Gasteiger partial charge in [-0.2, -0.15) is 17.0 Å². The highest BCUT2D eigenvalue weighted by molar-refractivity contribution is 7.99. The molecule has 0 saturated carbocycles. The molecule has 13 aliphatic heterocycles. The normalized spacial score (nSPS) is 25.9. The van der Waals surface area contributed by atoms with Crippen molar-refractivity contribution < 1.29 is 45.8 Å². The Morgan fingerprint density at radius 2 is 0.942 bits per heavy atom. The number of morpholine rings is 3. The van der Waals surface area contributed by atoms with Crippen molar-refractivity contribution in [2.45, 2.75) is 116 Å². The minimum atomic E-state index is -2.66. The number of nitrogens with zero attached hydrogens (tertiary/aromatic N) is 17. The SMILES string of the molecule is CC1CN(C)CC(C)O1.CC1CN(C)CCN1.CN1CCC(C(=O)N(C)C)CC1.CN1CCC(C(=O)NC(C)(C)C)CC1.CN1CCC(F)(F)CC1.CN1CCN(C)CC1.CN1CCN(c2ccccc2)CC1.CN1CCNC(=O)C1.CN1CCNCC1.CN1CCOC(C#N)C1.CN1CCOCC1.CN1CCS(=O)(=O)CC1.CN1CCSCC1. The Labute approximate surface area is 734 Å². The number of hydrogen-bond donors (Lipinski definition) is 4. The second-order valence-electron chi connectivity index (χ2n) is 36.3. The minimum Gasteiger partial charge on any atom is -0.379 e. The van der Waals surface area contributed by atoms with E-state index in [1.807, 2.05) is 77.8 Å². The Morgan fingerprint density at radius 3 is 1.30 bits per heavy atom. The van der Waals surface area contributed by atoms with Crippen molar-refractivity contribution in [2.24, 2.45) is 11.8 Å². The summed E-state index contributed by atoms with van der Waals surface area (Å²) in [7, 11) is 30.2. The van der Waals surface area contributed by atoms with Gasteiger partial charge in [0.05, 0.1) is 56.1 Å². The van der Waals surface area contributed by atoms with Gasteiger partial charge in [-0.1, -0.05) is 18.2 Å². The number of sulfone groups is 1. The van der Waals surface area contributed by atoms with E-state index in [2.05, 4.69) is 219 Å². The van der Waals surface area contributed by atoms with Crippen LogP contribution in [0.1, 0.15) is 80.1 Å². The van der Waals surface area contributed by atoms with Crippen molar-refractivity contribution >= 4 is 45.0 Å². The van der Waals surface area contributed by atoms with Crippen molar-refractivity contribution in [3.63, 3.8) is 0 Å². The summed E-state index contributed by atoms with van der Waals surface area (Å²) in [4.78, 5) is 69.3. The fraction of sp³-hybridized carbons (Fsp3) is 0.885. The average molecular weight is 1750 g/mol.